The molecule has 0 spiro atoms. The van der Waals surface area contributed by atoms with E-state index in [1.165, 1.54) is 19.4 Å². The molecule has 0 aromatic carbocycles. The average molecular weight is 280 g/mol. The molecule has 4 atom stereocenters. The molecule has 3 aliphatic heterocycles. The van der Waals surface area contributed by atoms with Gasteiger partial charge in [-0.3, -0.25) is 4.79 Å². The molecular formula is C15H28N4O. The summed E-state index contributed by atoms with van der Waals surface area (Å²) in [6.07, 6.45) is 3.70. The molecule has 3 rings (SSSR count). The predicted molar refractivity (Wildman–Crippen MR) is 79.6 cm³/mol. The maximum Gasteiger partial charge on any atom is 0.241 e. The first-order chi connectivity index (χ1) is 9.65. The minimum absolute atomic E-state index is 0.0240. The highest BCUT2D eigenvalue weighted by Crippen LogP contribution is 2.29. The Hall–Kier alpha value is -0.650. The van der Waals surface area contributed by atoms with Crippen molar-refractivity contribution in [1.29, 1.82) is 0 Å². The summed E-state index contributed by atoms with van der Waals surface area (Å²) in [5.74, 6) is 0.984. The van der Waals surface area contributed by atoms with Gasteiger partial charge in [0.25, 0.3) is 0 Å². The molecule has 3 fully saturated rings. The molecule has 0 radical (unpaired) electrons. The summed E-state index contributed by atoms with van der Waals surface area (Å²) in [6, 6.07) is 1.14. The molecule has 3 saturated heterocycles. The highest BCUT2D eigenvalue weighted by molar-refractivity contribution is 5.82. The van der Waals surface area contributed by atoms with Gasteiger partial charge in [0.05, 0.1) is 6.04 Å². The molecule has 0 bridgehead atoms. The van der Waals surface area contributed by atoms with Crippen molar-refractivity contribution in [3.05, 3.63) is 0 Å². The van der Waals surface area contributed by atoms with Crippen molar-refractivity contribution in [2.75, 3.05) is 39.8 Å². The Morgan fingerprint density at radius 2 is 2.00 bits per heavy atom. The van der Waals surface area contributed by atoms with E-state index in [4.69, 9.17) is 0 Å². The summed E-state index contributed by atoms with van der Waals surface area (Å²) in [5, 5.41) is 6.78. The van der Waals surface area contributed by atoms with E-state index in [0.717, 1.165) is 32.6 Å². The van der Waals surface area contributed by atoms with Crippen LogP contribution in [0, 0.1) is 5.92 Å². The largest absolute Gasteiger partial charge is 0.341 e. The molecule has 5 nitrogen and oxygen atoms in total. The second-order valence-electron chi connectivity index (χ2n) is 6.79. The summed E-state index contributed by atoms with van der Waals surface area (Å²) in [7, 11) is 2.24. The van der Waals surface area contributed by atoms with Crippen molar-refractivity contribution >= 4 is 5.91 Å². The zero-order chi connectivity index (χ0) is 14.1. The van der Waals surface area contributed by atoms with Crippen molar-refractivity contribution < 1.29 is 4.79 Å². The number of likely N-dealkylation sites (tertiary alicyclic amines) is 2. The molecule has 0 aliphatic carbocycles. The zero-order valence-electron chi connectivity index (χ0n) is 12.8. The number of fused-ring (bicyclic) bond motifs is 1. The maximum atomic E-state index is 12.6. The lowest BCUT2D eigenvalue weighted by Crippen LogP contribution is -2.62. The molecule has 3 aliphatic rings. The fraction of sp³-hybridized carbons (Fsp3) is 0.933. The second-order valence-corrected chi connectivity index (χ2v) is 6.79. The van der Waals surface area contributed by atoms with E-state index in [1.54, 1.807) is 0 Å². The van der Waals surface area contributed by atoms with Crippen molar-refractivity contribution in [3.8, 4) is 0 Å². The van der Waals surface area contributed by atoms with Gasteiger partial charge >= 0.3 is 0 Å². The number of nitrogens with zero attached hydrogens (tertiary/aromatic N) is 2. The second kappa shape index (κ2) is 6.00. The molecule has 20 heavy (non-hydrogen) atoms. The van der Waals surface area contributed by atoms with Crippen LogP contribution >= 0.6 is 0 Å². The standard InChI is InChI=1S/C15H28N4O/c1-11-8-17-13(9-16-11)15(20)19-7-5-14-12(10-19)4-3-6-18(14)2/h11-14,16-17H,3-10H2,1-2H3. The third-order valence-electron chi connectivity index (χ3n) is 5.30. The Morgan fingerprint density at radius 1 is 1.15 bits per heavy atom. The van der Waals surface area contributed by atoms with Gasteiger partial charge in [-0.2, -0.15) is 0 Å². The fourth-order valence-electron chi connectivity index (χ4n) is 4.03. The summed E-state index contributed by atoms with van der Waals surface area (Å²) in [4.78, 5) is 17.2. The lowest BCUT2D eigenvalue weighted by molar-refractivity contribution is -0.137. The van der Waals surface area contributed by atoms with Gasteiger partial charge in [-0.25, -0.2) is 0 Å². The van der Waals surface area contributed by atoms with Crippen molar-refractivity contribution in [2.24, 2.45) is 5.92 Å². The van der Waals surface area contributed by atoms with Gasteiger partial charge < -0.3 is 20.4 Å². The number of hydrogen-bond donors (Lipinski definition) is 2. The SMILES string of the molecule is CC1CNC(C(=O)N2CCC3C(CCCN3C)C2)CN1. The summed E-state index contributed by atoms with van der Waals surface area (Å²) >= 11 is 0. The predicted octanol–water partition coefficient (Wildman–Crippen LogP) is -0.121. The smallest absolute Gasteiger partial charge is 0.241 e. The van der Waals surface area contributed by atoms with E-state index in [9.17, 15) is 4.79 Å². The van der Waals surface area contributed by atoms with Crippen LogP contribution < -0.4 is 10.6 Å². The molecule has 0 saturated carbocycles. The number of amides is 1. The van der Waals surface area contributed by atoms with Crippen LogP contribution in [0.2, 0.25) is 0 Å². The topological polar surface area (TPSA) is 47.6 Å². The van der Waals surface area contributed by atoms with Gasteiger partial charge in [0, 0.05) is 38.3 Å². The molecule has 0 aromatic rings. The molecule has 3 heterocycles. The quantitative estimate of drug-likeness (QED) is 0.703. The number of hydrogen-bond acceptors (Lipinski definition) is 4. The van der Waals surface area contributed by atoms with Gasteiger partial charge in [-0.05, 0) is 45.7 Å². The van der Waals surface area contributed by atoms with E-state index >= 15 is 0 Å². The molecule has 1 amide bonds. The number of piperidine rings is 2. The van der Waals surface area contributed by atoms with Gasteiger partial charge in [0.15, 0.2) is 0 Å². The highest BCUT2D eigenvalue weighted by atomic mass is 16.2. The highest BCUT2D eigenvalue weighted by Gasteiger charge is 2.37. The first kappa shape index (κ1) is 14.3. The van der Waals surface area contributed by atoms with Crippen LogP contribution in [-0.2, 0) is 4.79 Å². The summed E-state index contributed by atoms with van der Waals surface area (Å²) in [5.41, 5.74) is 0. The van der Waals surface area contributed by atoms with Crippen molar-refractivity contribution in [1.82, 2.24) is 20.4 Å². The van der Waals surface area contributed by atoms with Crippen LogP contribution in [0.25, 0.3) is 0 Å². The van der Waals surface area contributed by atoms with Crippen LogP contribution in [0.5, 0.6) is 0 Å². The van der Waals surface area contributed by atoms with E-state index in [1.807, 2.05) is 0 Å². The minimum Gasteiger partial charge on any atom is -0.341 e. The fourth-order valence-corrected chi connectivity index (χ4v) is 4.03. The molecule has 0 aromatic heterocycles. The van der Waals surface area contributed by atoms with Crippen LogP contribution in [0.1, 0.15) is 26.2 Å². The van der Waals surface area contributed by atoms with Gasteiger partial charge in [-0.1, -0.05) is 0 Å². The molecule has 4 unspecified atom stereocenters. The Kier molecular flexibility index (Phi) is 4.29. The van der Waals surface area contributed by atoms with E-state index < -0.39 is 0 Å². The van der Waals surface area contributed by atoms with Crippen LogP contribution in [0.15, 0.2) is 0 Å². The number of nitrogens with one attached hydrogen (secondary N) is 2. The normalized spacial score (nSPS) is 39.4. The zero-order valence-corrected chi connectivity index (χ0v) is 12.8. The Labute approximate surface area is 122 Å². The number of piperazine rings is 1. The van der Waals surface area contributed by atoms with Gasteiger partial charge in [0.1, 0.15) is 0 Å². The van der Waals surface area contributed by atoms with Crippen LogP contribution in [0.3, 0.4) is 0 Å². The van der Waals surface area contributed by atoms with Gasteiger partial charge in [-0.15, -0.1) is 0 Å². The first-order valence-corrected chi connectivity index (χ1v) is 8.11. The monoisotopic (exact) mass is 280 g/mol. The molecule has 5 heteroatoms. The average Bonchev–Trinajstić information content (AvgIpc) is 2.47. The van der Waals surface area contributed by atoms with Gasteiger partial charge in [0.2, 0.25) is 5.91 Å². The summed E-state index contributed by atoms with van der Waals surface area (Å²) < 4.78 is 0. The minimum atomic E-state index is -0.0240. The number of rotatable bonds is 1. The molecular weight excluding hydrogens is 252 g/mol. The van der Waals surface area contributed by atoms with E-state index in [0.29, 0.717) is 23.9 Å². The lowest BCUT2D eigenvalue weighted by atomic mass is 9.84. The van der Waals surface area contributed by atoms with Crippen molar-refractivity contribution in [2.45, 2.75) is 44.3 Å². The van der Waals surface area contributed by atoms with E-state index in [2.05, 4.69) is 34.4 Å². The first-order valence-electron chi connectivity index (χ1n) is 8.11. The van der Waals surface area contributed by atoms with Crippen molar-refractivity contribution in [3.63, 3.8) is 0 Å². The Morgan fingerprint density at radius 3 is 2.75 bits per heavy atom. The Balaban J connectivity index is 1.57. The number of carbonyl (C=O) groups excluding carboxylic acids is 1. The molecule has 2 N–H and O–H groups in total. The van der Waals surface area contributed by atoms with Crippen LogP contribution in [0.4, 0.5) is 0 Å². The number of carbonyl (C=O) groups is 1. The lowest BCUT2D eigenvalue weighted by Gasteiger charge is -2.46. The third kappa shape index (κ3) is 2.85. The summed E-state index contributed by atoms with van der Waals surface area (Å²) in [6.45, 7) is 6.92. The van der Waals surface area contributed by atoms with Crippen LogP contribution in [-0.4, -0.2) is 73.6 Å². The van der Waals surface area contributed by atoms with E-state index in [-0.39, 0.29) is 6.04 Å². The molecule has 114 valence electrons. The maximum absolute atomic E-state index is 12.6. The Bertz CT molecular complexity index is 354. The third-order valence-corrected chi connectivity index (χ3v) is 5.30.